The molecule has 1 atom stereocenters. The summed E-state index contributed by atoms with van der Waals surface area (Å²) < 4.78 is 6.83. The summed E-state index contributed by atoms with van der Waals surface area (Å²) in [6.07, 6.45) is 4.06. The van der Waals surface area contributed by atoms with Gasteiger partial charge in [-0.3, -0.25) is 4.68 Å². The van der Waals surface area contributed by atoms with Crippen molar-refractivity contribution in [2.75, 3.05) is 13.7 Å². The molecule has 0 aliphatic heterocycles. The van der Waals surface area contributed by atoms with Crippen LogP contribution in [0.2, 0.25) is 5.02 Å². The van der Waals surface area contributed by atoms with Crippen molar-refractivity contribution in [3.63, 3.8) is 0 Å². The summed E-state index contributed by atoms with van der Waals surface area (Å²) in [5.74, 6) is 0. The molecule has 18 heavy (non-hydrogen) atoms. The van der Waals surface area contributed by atoms with Gasteiger partial charge in [0.2, 0.25) is 0 Å². The quantitative estimate of drug-likeness (QED) is 0.916. The minimum atomic E-state index is -0.856. The molecule has 5 heteroatoms. The Morgan fingerprint density at radius 3 is 2.78 bits per heavy atom. The predicted molar refractivity (Wildman–Crippen MR) is 70.6 cm³/mol. The molecule has 1 N–H and O–H groups in total. The van der Waals surface area contributed by atoms with E-state index in [1.165, 1.54) is 0 Å². The standard InChI is InChI=1S/C13H21ClN2O2/c1-12(2)4-5-13(17,9-12)11-10(14)8-15-16(11)6-7-18-3/h8,17H,4-7,9H2,1-3H3. The molecule has 1 heterocycles. The highest BCUT2D eigenvalue weighted by molar-refractivity contribution is 6.31. The van der Waals surface area contributed by atoms with E-state index in [9.17, 15) is 5.11 Å². The van der Waals surface area contributed by atoms with Crippen LogP contribution in [0, 0.1) is 5.41 Å². The third-order valence-corrected chi connectivity index (χ3v) is 4.01. The van der Waals surface area contributed by atoms with Crippen molar-refractivity contribution in [1.82, 2.24) is 9.78 Å². The molecule has 1 aromatic rings. The second-order valence-electron chi connectivity index (χ2n) is 5.93. The molecule has 0 spiro atoms. The first-order chi connectivity index (χ1) is 8.38. The fraction of sp³-hybridized carbons (Fsp3) is 0.769. The van der Waals surface area contributed by atoms with Gasteiger partial charge in [-0.25, -0.2) is 0 Å². The smallest absolute Gasteiger partial charge is 0.108 e. The summed E-state index contributed by atoms with van der Waals surface area (Å²) in [4.78, 5) is 0. The largest absolute Gasteiger partial charge is 0.383 e. The van der Waals surface area contributed by atoms with E-state index in [0.717, 1.165) is 25.0 Å². The summed E-state index contributed by atoms with van der Waals surface area (Å²) in [5.41, 5.74) is 0.0333. The number of nitrogens with zero attached hydrogens (tertiary/aromatic N) is 2. The first-order valence-corrected chi connectivity index (χ1v) is 6.69. The molecule has 0 bridgehead atoms. The molecular weight excluding hydrogens is 252 g/mol. The Morgan fingerprint density at radius 2 is 2.22 bits per heavy atom. The molecule has 1 fully saturated rings. The maximum absolute atomic E-state index is 10.9. The normalized spacial score (nSPS) is 26.7. The maximum Gasteiger partial charge on any atom is 0.108 e. The highest BCUT2D eigenvalue weighted by Crippen LogP contribution is 2.50. The monoisotopic (exact) mass is 272 g/mol. The van der Waals surface area contributed by atoms with Crippen LogP contribution in [-0.4, -0.2) is 28.6 Å². The molecule has 1 aliphatic carbocycles. The topological polar surface area (TPSA) is 47.3 Å². The summed E-state index contributed by atoms with van der Waals surface area (Å²) in [5, 5.41) is 15.6. The van der Waals surface area contributed by atoms with Crippen molar-refractivity contribution in [2.45, 2.75) is 45.3 Å². The van der Waals surface area contributed by atoms with Crippen LogP contribution in [0.15, 0.2) is 6.20 Å². The van der Waals surface area contributed by atoms with Gasteiger partial charge in [0.25, 0.3) is 0 Å². The van der Waals surface area contributed by atoms with Gasteiger partial charge in [-0.15, -0.1) is 0 Å². The first kappa shape index (κ1) is 13.8. The maximum atomic E-state index is 10.9. The third-order valence-electron chi connectivity index (χ3n) is 3.73. The van der Waals surface area contributed by atoms with Crippen molar-refractivity contribution in [2.24, 2.45) is 5.41 Å². The van der Waals surface area contributed by atoms with Crippen LogP contribution < -0.4 is 0 Å². The molecule has 2 rings (SSSR count). The molecule has 0 saturated heterocycles. The van der Waals surface area contributed by atoms with Gasteiger partial charge in [-0.1, -0.05) is 25.4 Å². The predicted octanol–water partition coefficient (Wildman–Crippen LogP) is 2.58. The number of halogens is 1. The van der Waals surface area contributed by atoms with E-state index >= 15 is 0 Å². The van der Waals surface area contributed by atoms with Gasteiger partial charge in [-0.05, 0) is 24.7 Å². The Bertz CT molecular complexity index is 431. The van der Waals surface area contributed by atoms with Crippen LogP contribution in [0.5, 0.6) is 0 Å². The summed E-state index contributed by atoms with van der Waals surface area (Å²) in [6.45, 7) is 5.52. The molecule has 0 amide bonds. The second kappa shape index (κ2) is 4.83. The lowest BCUT2D eigenvalue weighted by molar-refractivity contribution is 0.0235. The highest BCUT2D eigenvalue weighted by atomic mass is 35.5. The van der Waals surface area contributed by atoms with E-state index in [2.05, 4.69) is 18.9 Å². The number of aromatic nitrogens is 2. The number of hydrogen-bond donors (Lipinski definition) is 1. The van der Waals surface area contributed by atoms with E-state index in [-0.39, 0.29) is 5.41 Å². The van der Waals surface area contributed by atoms with E-state index in [1.54, 1.807) is 18.0 Å². The molecule has 1 aromatic heterocycles. The Labute approximate surface area is 113 Å². The molecule has 0 aromatic carbocycles. The lowest BCUT2D eigenvalue weighted by Gasteiger charge is -2.26. The number of methoxy groups -OCH3 is 1. The minimum absolute atomic E-state index is 0.147. The molecule has 1 aliphatic rings. The van der Waals surface area contributed by atoms with Crippen LogP contribution in [0.4, 0.5) is 0 Å². The summed E-state index contributed by atoms with van der Waals surface area (Å²) in [7, 11) is 1.65. The van der Waals surface area contributed by atoms with Crippen molar-refractivity contribution >= 4 is 11.6 Å². The van der Waals surface area contributed by atoms with Crippen LogP contribution in [-0.2, 0) is 16.9 Å². The zero-order valence-corrected chi connectivity index (χ0v) is 12.0. The molecule has 0 radical (unpaired) electrons. The number of ether oxygens (including phenoxy) is 1. The fourth-order valence-electron chi connectivity index (χ4n) is 2.89. The van der Waals surface area contributed by atoms with Crippen molar-refractivity contribution in [3.8, 4) is 0 Å². The first-order valence-electron chi connectivity index (χ1n) is 6.31. The van der Waals surface area contributed by atoms with Crippen LogP contribution >= 0.6 is 11.6 Å². The SMILES string of the molecule is COCCn1ncc(Cl)c1C1(O)CCC(C)(C)C1. The Hall–Kier alpha value is -0.580. The highest BCUT2D eigenvalue weighted by Gasteiger charge is 2.46. The van der Waals surface area contributed by atoms with Gasteiger partial charge >= 0.3 is 0 Å². The van der Waals surface area contributed by atoms with Gasteiger partial charge in [0.15, 0.2) is 0 Å². The molecule has 4 nitrogen and oxygen atoms in total. The zero-order chi connectivity index (χ0) is 13.4. The second-order valence-corrected chi connectivity index (χ2v) is 6.34. The average molecular weight is 273 g/mol. The lowest BCUT2D eigenvalue weighted by atomic mass is 9.88. The van der Waals surface area contributed by atoms with E-state index < -0.39 is 5.60 Å². The number of rotatable bonds is 4. The van der Waals surface area contributed by atoms with E-state index in [0.29, 0.717) is 18.2 Å². The van der Waals surface area contributed by atoms with E-state index in [1.807, 2.05) is 0 Å². The van der Waals surface area contributed by atoms with Crippen LogP contribution in [0.25, 0.3) is 0 Å². The van der Waals surface area contributed by atoms with Crippen molar-refractivity contribution < 1.29 is 9.84 Å². The fourth-order valence-corrected chi connectivity index (χ4v) is 3.21. The molecule has 102 valence electrons. The van der Waals surface area contributed by atoms with Crippen molar-refractivity contribution in [3.05, 3.63) is 16.9 Å². The summed E-state index contributed by atoms with van der Waals surface area (Å²) in [6, 6.07) is 0. The van der Waals surface area contributed by atoms with Gasteiger partial charge in [0.1, 0.15) is 5.60 Å². The van der Waals surface area contributed by atoms with Gasteiger partial charge in [0.05, 0.1) is 30.1 Å². The number of hydrogen-bond acceptors (Lipinski definition) is 3. The molecule has 1 unspecified atom stereocenters. The van der Waals surface area contributed by atoms with Gasteiger partial charge < -0.3 is 9.84 Å². The Balaban J connectivity index is 2.29. The van der Waals surface area contributed by atoms with Crippen molar-refractivity contribution in [1.29, 1.82) is 0 Å². The average Bonchev–Trinajstić information content (AvgIpc) is 2.77. The molecular formula is C13H21ClN2O2. The zero-order valence-electron chi connectivity index (χ0n) is 11.2. The van der Waals surface area contributed by atoms with Gasteiger partial charge in [0, 0.05) is 7.11 Å². The van der Waals surface area contributed by atoms with Crippen LogP contribution in [0.3, 0.4) is 0 Å². The van der Waals surface area contributed by atoms with E-state index in [4.69, 9.17) is 16.3 Å². The Morgan fingerprint density at radius 1 is 1.50 bits per heavy atom. The lowest BCUT2D eigenvalue weighted by Crippen LogP contribution is -2.28. The van der Waals surface area contributed by atoms with Gasteiger partial charge in [-0.2, -0.15) is 5.10 Å². The third kappa shape index (κ3) is 2.56. The number of aliphatic hydroxyl groups is 1. The summed E-state index contributed by atoms with van der Waals surface area (Å²) >= 11 is 6.20. The molecule has 1 saturated carbocycles. The minimum Gasteiger partial charge on any atom is -0.383 e. The van der Waals surface area contributed by atoms with Crippen LogP contribution in [0.1, 0.15) is 38.8 Å². The Kier molecular flexibility index (Phi) is 3.72.